The Morgan fingerprint density at radius 2 is 2.12 bits per heavy atom. The first-order chi connectivity index (χ1) is 8.25. The standard InChI is InChI=1S/C13H18F2N2/c14-12-5-4-11(9-13(12)15)17-8-6-10-3-1-2-7-16-10/h4-5,9-10,16-17H,1-3,6-8H2. The van der Waals surface area contributed by atoms with Crippen LogP contribution in [0, 0.1) is 11.6 Å². The van der Waals surface area contributed by atoms with Crippen LogP contribution in [0.5, 0.6) is 0 Å². The van der Waals surface area contributed by atoms with Gasteiger partial charge in [-0.1, -0.05) is 6.42 Å². The van der Waals surface area contributed by atoms with Crippen LogP contribution in [0.4, 0.5) is 14.5 Å². The van der Waals surface area contributed by atoms with Crippen molar-refractivity contribution in [3.05, 3.63) is 29.8 Å². The van der Waals surface area contributed by atoms with E-state index in [1.54, 1.807) is 6.07 Å². The third-order valence-corrected chi connectivity index (χ3v) is 3.15. The Kier molecular flexibility index (Phi) is 4.31. The van der Waals surface area contributed by atoms with Crippen LogP contribution < -0.4 is 10.6 Å². The fourth-order valence-electron chi connectivity index (χ4n) is 2.17. The topological polar surface area (TPSA) is 24.1 Å². The van der Waals surface area contributed by atoms with Gasteiger partial charge in [-0.15, -0.1) is 0 Å². The first-order valence-electron chi connectivity index (χ1n) is 6.18. The monoisotopic (exact) mass is 240 g/mol. The smallest absolute Gasteiger partial charge is 0.160 e. The van der Waals surface area contributed by atoms with Crippen LogP contribution in [0.15, 0.2) is 18.2 Å². The van der Waals surface area contributed by atoms with Crippen LogP contribution in [0.1, 0.15) is 25.7 Å². The van der Waals surface area contributed by atoms with Crippen LogP contribution in [0.25, 0.3) is 0 Å². The Hall–Kier alpha value is -1.16. The maximum atomic E-state index is 12.9. The molecule has 1 unspecified atom stereocenters. The summed E-state index contributed by atoms with van der Waals surface area (Å²) >= 11 is 0. The molecule has 4 heteroatoms. The molecule has 0 aromatic heterocycles. The summed E-state index contributed by atoms with van der Waals surface area (Å²) < 4.78 is 25.6. The second-order valence-electron chi connectivity index (χ2n) is 4.49. The highest BCUT2D eigenvalue weighted by molar-refractivity contribution is 5.43. The number of hydrogen-bond acceptors (Lipinski definition) is 2. The molecule has 1 atom stereocenters. The van der Waals surface area contributed by atoms with Crippen LogP contribution >= 0.6 is 0 Å². The average molecular weight is 240 g/mol. The van der Waals surface area contributed by atoms with Gasteiger partial charge in [0.1, 0.15) is 0 Å². The lowest BCUT2D eigenvalue weighted by molar-refractivity contribution is 0.389. The molecule has 1 aromatic rings. The van der Waals surface area contributed by atoms with E-state index >= 15 is 0 Å². The zero-order valence-corrected chi connectivity index (χ0v) is 9.81. The Morgan fingerprint density at radius 3 is 2.82 bits per heavy atom. The molecule has 1 aliphatic heterocycles. The number of nitrogens with one attached hydrogen (secondary N) is 2. The van der Waals surface area contributed by atoms with Gasteiger partial charge in [-0.05, 0) is 44.0 Å². The van der Waals surface area contributed by atoms with Crippen molar-refractivity contribution in [2.24, 2.45) is 0 Å². The number of piperidine rings is 1. The summed E-state index contributed by atoms with van der Waals surface area (Å²) in [7, 11) is 0. The zero-order chi connectivity index (χ0) is 12.1. The normalized spacial score (nSPS) is 20.2. The molecule has 1 aliphatic rings. The second-order valence-corrected chi connectivity index (χ2v) is 4.49. The molecule has 0 spiro atoms. The molecule has 2 rings (SSSR count). The van der Waals surface area contributed by atoms with E-state index in [1.807, 2.05) is 0 Å². The van der Waals surface area contributed by atoms with Gasteiger partial charge in [0.25, 0.3) is 0 Å². The number of halogens is 2. The lowest BCUT2D eigenvalue weighted by atomic mass is 10.0. The van der Waals surface area contributed by atoms with Crippen molar-refractivity contribution < 1.29 is 8.78 Å². The highest BCUT2D eigenvalue weighted by Crippen LogP contribution is 2.14. The largest absolute Gasteiger partial charge is 0.385 e. The van der Waals surface area contributed by atoms with Crippen molar-refractivity contribution in [1.29, 1.82) is 0 Å². The van der Waals surface area contributed by atoms with E-state index < -0.39 is 11.6 Å². The van der Waals surface area contributed by atoms with Crippen molar-refractivity contribution in [2.75, 3.05) is 18.4 Å². The van der Waals surface area contributed by atoms with Crippen LogP contribution in [-0.4, -0.2) is 19.1 Å². The summed E-state index contributed by atoms with van der Waals surface area (Å²) in [5, 5.41) is 6.57. The molecular weight excluding hydrogens is 222 g/mol. The van der Waals surface area contributed by atoms with Gasteiger partial charge < -0.3 is 10.6 Å². The Bertz CT molecular complexity index is 362. The van der Waals surface area contributed by atoms with Crippen LogP contribution in [-0.2, 0) is 0 Å². The van der Waals surface area contributed by atoms with E-state index in [1.165, 1.54) is 25.3 Å². The molecule has 1 aromatic carbocycles. The minimum Gasteiger partial charge on any atom is -0.385 e. The molecule has 0 bridgehead atoms. The molecule has 1 saturated heterocycles. The lowest BCUT2D eigenvalue weighted by Gasteiger charge is -2.23. The van der Waals surface area contributed by atoms with E-state index in [2.05, 4.69) is 10.6 Å². The predicted molar refractivity (Wildman–Crippen MR) is 65.1 cm³/mol. The van der Waals surface area contributed by atoms with Gasteiger partial charge in [0, 0.05) is 18.3 Å². The third kappa shape index (κ3) is 3.66. The maximum Gasteiger partial charge on any atom is 0.160 e. The molecule has 17 heavy (non-hydrogen) atoms. The molecule has 1 heterocycles. The molecule has 0 saturated carbocycles. The Balaban J connectivity index is 1.75. The van der Waals surface area contributed by atoms with Crippen molar-refractivity contribution in [2.45, 2.75) is 31.7 Å². The third-order valence-electron chi connectivity index (χ3n) is 3.15. The molecule has 2 nitrogen and oxygen atoms in total. The molecule has 0 aliphatic carbocycles. The number of hydrogen-bond donors (Lipinski definition) is 2. The first kappa shape index (κ1) is 12.3. The molecule has 2 N–H and O–H groups in total. The zero-order valence-electron chi connectivity index (χ0n) is 9.81. The fourth-order valence-corrected chi connectivity index (χ4v) is 2.17. The number of rotatable bonds is 4. The van der Waals surface area contributed by atoms with E-state index in [0.29, 0.717) is 11.7 Å². The van der Waals surface area contributed by atoms with E-state index in [9.17, 15) is 8.78 Å². The van der Waals surface area contributed by atoms with Crippen molar-refractivity contribution in [1.82, 2.24) is 5.32 Å². The van der Waals surface area contributed by atoms with E-state index in [0.717, 1.165) is 25.6 Å². The Labute approximate surface area is 100 Å². The lowest BCUT2D eigenvalue weighted by Crippen LogP contribution is -2.35. The quantitative estimate of drug-likeness (QED) is 0.845. The first-order valence-corrected chi connectivity index (χ1v) is 6.18. The van der Waals surface area contributed by atoms with Gasteiger partial charge in [0.15, 0.2) is 11.6 Å². The molecule has 0 radical (unpaired) electrons. The minimum atomic E-state index is -0.801. The highest BCUT2D eigenvalue weighted by atomic mass is 19.2. The van der Waals surface area contributed by atoms with Crippen LogP contribution in [0.3, 0.4) is 0 Å². The van der Waals surface area contributed by atoms with E-state index in [-0.39, 0.29) is 0 Å². The van der Waals surface area contributed by atoms with Gasteiger partial charge in [0.05, 0.1) is 0 Å². The number of anilines is 1. The molecule has 94 valence electrons. The summed E-state index contributed by atoms with van der Waals surface area (Å²) in [6.07, 6.45) is 4.76. The van der Waals surface area contributed by atoms with Gasteiger partial charge >= 0.3 is 0 Å². The summed E-state index contributed by atoms with van der Waals surface area (Å²) in [6.45, 7) is 1.87. The van der Waals surface area contributed by atoms with Gasteiger partial charge in [-0.3, -0.25) is 0 Å². The van der Waals surface area contributed by atoms with Gasteiger partial charge in [0.2, 0.25) is 0 Å². The summed E-state index contributed by atoms with van der Waals surface area (Å²) in [5.74, 6) is -1.60. The summed E-state index contributed by atoms with van der Waals surface area (Å²) in [4.78, 5) is 0. The SMILES string of the molecule is Fc1ccc(NCCC2CCCCN2)cc1F. The summed E-state index contributed by atoms with van der Waals surface area (Å²) in [6, 6.07) is 4.47. The van der Waals surface area contributed by atoms with Crippen molar-refractivity contribution >= 4 is 5.69 Å². The van der Waals surface area contributed by atoms with E-state index in [4.69, 9.17) is 0 Å². The number of benzene rings is 1. The predicted octanol–water partition coefficient (Wildman–Crippen LogP) is 2.91. The second kappa shape index (κ2) is 5.96. The van der Waals surface area contributed by atoms with Crippen LogP contribution in [0.2, 0.25) is 0 Å². The van der Waals surface area contributed by atoms with Crippen molar-refractivity contribution in [3.63, 3.8) is 0 Å². The Morgan fingerprint density at radius 1 is 1.24 bits per heavy atom. The van der Waals surface area contributed by atoms with Crippen molar-refractivity contribution in [3.8, 4) is 0 Å². The highest BCUT2D eigenvalue weighted by Gasteiger charge is 2.11. The average Bonchev–Trinajstić information content (AvgIpc) is 2.35. The maximum absolute atomic E-state index is 12.9. The fraction of sp³-hybridized carbons (Fsp3) is 0.538. The summed E-state index contributed by atoms with van der Waals surface area (Å²) in [5.41, 5.74) is 0.639. The molecule has 1 fully saturated rings. The molecular formula is C13H18F2N2. The minimum absolute atomic E-state index is 0.557. The van der Waals surface area contributed by atoms with Gasteiger partial charge in [-0.25, -0.2) is 8.78 Å². The van der Waals surface area contributed by atoms with Gasteiger partial charge in [-0.2, -0.15) is 0 Å². The molecule has 0 amide bonds.